The summed E-state index contributed by atoms with van der Waals surface area (Å²) in [6, 6.07) is 12.2. The number of carbonyl (C=O) groups is 3. The average Bonchev–Trinajstić information content (AvgIpc) is 2.78. The Bertz CT molecular complexity index is 1070. The first kappa shape index (κ1) is 26.5. The minimum Gasteiger partial charge on any atom is -0.508 e. The van der Waals surface area contributed by atoms with E-state index < -0.39 is 48.2 Å². The van der Waals surface area contributed by atoms with E-state index in [0.717, 1.165) is 11.1 Å². The van der Waals surface area contributed by atoms with Crippen molar-refractivity contribution in [2.75, 3.05) is 6.61 Å². The number of carbonyl (C=O) groups excluding carboxylic acids is 3. The molecule has 0 unspecified atom stereocenters. The largest absolute Gasteiger partial charge is 0.508 e. The van der Waals surface area contributed by atoms with Crippen LogP contribution in [-0.2, 0) is 39.8 Å². The number of rotatable bonds is 7. The van der Waals surface area contributed by atoms with Crippen LogP contribution in [0.2, 0.25) is 5.02 Å². The second-order valence-electron chi connectivity index (χ2n) is 8.60. The monoisotopic (exact) mass is 504 g/mol. The summed E-state index contributed by atoms with van der Waals surface area (Å²) in [5.41, 5.74) is 2.46. The van der Waals surface area contributed by atoms with Gasteiger partial charge in [-0.05, 0) is 41.3 Å². The zero-order valence-corrected chi connectivity index (χ0v) is 20.8. The highest BCUT2D eigenvalue weighted by atomic mass is 35.5. The van der Waals surface area contributed by atoms with Gasteiger partial charge in [0.1, 0.15) is 36.8 Å². The Hall–Kier alpha value is -3.10. The Morgan fingerprint density at radius 1 is 0.943 bits per heavy atom. The molecule has 1 aliphatic rings. The van der Waals surface area contributed by atoms with E-state index >= 15 is 0 Å². The van der Waals surface area contributed by atoms with Crippen LogP contribution in [0, 0.1) is 5.92 Å². The van der Waals surface area contributed by atoms with Crippen LogP contribution in [0.5, 0.6) is 5.75 Å². The van der Waals surface area contributed by atoms with E-state index in [0.29, 0.717) is 17.0 Å². The summed E-state index contributed by atoms with van der Waals surface area (Å²) in [6.07, 6.45) is -2.56. The van der Waals surface area contributed by atoms with E-state index in [-0.39, 0.29) is 12.4 Å². The molecule has 0 amide bonds. The topological polar surface area (TPSA) is 108 Å². The van der Waals surface area contributed by atoms with Gasteiger partial charge in [0.25, 0.3) is 0 Å². The summed E-state index contributed by atoms with van der Waals surface area (Å²) < 4.78 is 22.6. The van der Waals surface area contributed by atoms with Crippen LogP contribution in [-0.4, -0.2) is 47.9 Å². The van der Waals surface area contributed by atoms with Crippen LogP contribution in [0.4, 0.5) is 0 Å². The maximum atomic E-state index is 12.0. The Balaban J connectivity index is 1.97. The maximum Gasteiger partial charge on any atom is 0.303 e. The van der Waals surface area contributed by atoms with Crippen molar-refractivity contribution in [2.45, 2.75) is 58.5 Å². The summed E-state index contributed by atoms with van der Waals surface area (Å²) in [6.45, 7) is 5.52. The van der Waals surface area contributed by atoms with Crippen LogP contribution in [0.15, 0.2) is 42.5 Å². The van der Waals surface area contributed by atoms with Crippen LogP contribution < -0.4 is 0 Å². The van der Waals surface area contributed by atoms with Crippen LogP contribution >= 0.6 is 11.6 Å². The van der Waals surface area contributed by atoms with Crippen LogP contribution in [0.25, 0.3) is 0 Å². The van der Waals surface area contributed by atoms with Crippen molar-refractivity contribution in [1.82, 2.24) is 0 Å². The lowest BCUT2D eigenvalue weighted by Gasteiger charge is -2.44. The predicted octanol–water partition coefficient (Wildman–Crippen LogP) is 4.14. The van der Waals surface area contributed by atoms with E-state index in [1.165, 1.54) is 20.8 Å². The number of ether oxygens (including phenoxy) is 4. The fourth-order valence-corrected chi connectivity index (χ4v) is 4.41. The van der Waals surface area contributed by atoms with Crippen molar-refractivity contribution in [3.63, 3.8) is 0 Å². The van der Waals surface area contributed by atoms with Crippen molar-refractivity contribution in [3.05, 3.63) is 64.2 Å². The van der Waals surface area contributed by atoms with Gasteiger partial charge < -0.3 is 24.1 Å². The molecule has 0 aromatic heterocycles. The van der Waals surface area contributed by atoms with Crippen LogP contribution in [0.1, 0.15) is 50.5 Å². The minimum atomic E-state index is -0.795. The van der Waals surface area contributed by atoms with Crippen molar-refractivity contribution in [2.24, 2.45) is 5.92 Å². The van der Waals surface area contributed by atoms with Gasteiger partial charge in [-0.2, -0.15) is 0 Å². The predicted molar refractivity (Wildman–Crippen MR) is 127 cm³/mol. The molecule has 188 valence electrons. The van der Waals surface area contributed by atoms with E-state index in [2.05, 4.69) is 0 Å². The molecule has 1 aliphatic heterocycles. The molecule has 0 aliphatic carbocycles. The number of phenolic OH excluding ortho intramolecular Hbond substituents is 1. The highest BCUT2D eigenvalue weighted by Gasteiger charge is 2.48. The van der Waals surface area contributed by atoms with Gasteiger partial charge >= 0.3 is 17.9 Å². The third-order valence-corrected chi connectivity index (χ3v) is 6.18. The second kappa shape index (κ2) is 11.6. The first-order chi connectivity index (χ1) is 16.5. The molecule has 1 fully saturated rings. The molecule has 9 heteroatoms. The lowest BCUT2D eigenvalue weighted by atomic mass is 9.84. The number of benzene rings is 2. The molecule has 0 radical (unpaired) electrons. The average molecular weight is 505 g/mol. The molecular formula is C26H29ClO8. The Labute approximate surface area is 209 Å². The molecule has 1 N–H and O–H groups in total. The number of hydrogen-bond donors (Lipinski definition) is 1. The first-order valence-corrected chi connectivity index (χ1v) is 11.6. The number of aromatic hydroxyl groups is 1. The van der Waals surface area contributed by atoms with Gasteiger partial charge in [-0.3, -0.25) is 14.4 Å². The molecular weight excluding hydrogens is 476 g/mol. The summed E-state index contributed by atoms with van der Waals surface area (Å²) in [4.78, 5) is 35.2. The zero-order valence-electron chi connectivity index (χ0n) is 20.0. The first-order valence-electron chi connectivity index (χ1n) is 11.2. The highest BCUT2D eigenvalue weighted by molar-refractivity contribution is 6.31. The number of halogens is 1. The van der Waals surface area contributed by atoms with E-state index in [1.807, 2.05) is 6.07 Å². The number of esters is 3. The summed E-state index contributed by atoms with van der Waals surface area (Å²) in [7, 11) is 0. The van der Waals surface area contributed by atoms with E-state index in [4.69, 9.17) is 30.5 Å². The molecule has 8 nitrogen and oxygen atoms in total. The Morgan fingerprint density at radius 3 is 2.17 bits per heavy atom. The van der Waals surface area contributed by atoms with Crippen molar-refractivity contribution >= 4 is 29.5 Å². The van der Waals surface area contributed by atoms with Crippen molar-refractivity contribution < 1.29 is 38.4 Å². The molecule has 5 atom stereocenters. The molecule has 3 rings (SSSR count). The zero-order chi connectivity index (χ0) is 25.7. The fraction of sp³-hybridized carbons (Fsp3) is 0.423. The Morgan fingerprint density at radius 2 is 1.57 bits per heavy atom. The van der Waals surface area contributed by atoms with Gasteiger partial charge in [0, 0.05) is 31.7 Å². The third kappa shape index (κ3) is 6.96. The number of phenols is 1. The van der Waals surface area contributed by atoms with Gasteiger partial charge in [0.15, 0.2) is 0 Å². The number of hydrogen-bond acceptors (Lipinski definition) is 8. The van der Waals surface area contributed by atoms with Gasteiger partial charge in [0.05, 0.1) is 0 Å². The summed E-state index contributed by atoms with van der Waals surface area (Å²) in [5.74, 6) is -1.82. The van der Waals surface area contributed by atoms with Crippen LogP contribution in [0.3, 0.4) is 0 Å². The normalized spacial score (nSPS) is 23.9. The smallest absolute Gasteiger partial charge is 0.303 e. The van der Waals surface area contributed by atoms with Crippen molar-refractivity contribution in [1.29, 1.82) is 0 Å². The second-order valence-corrected chi connectivity index (χ2v) is 9.01. The summed E-state index contributed by atoms with van der Waals surface area (Å²) >= 11 is 6.47. The van der Waals surface area contributed by atoms with E-state index in [9.17, 15) is 19.5 Å². The lowest BCUT2D eigenvalue weighted by molar-refractivity contribution is -0.231. The molecule has 2 aromatic carbocycles. The molecule has 1 saturated heterocycles. The van der Waals surface area contributed by atoms with Gasteiger partial charge in [-0.15, -0.1) is 0 Å². The SMILES string of the molecule is CC(=O)OC[C@H]1O[C@@H](c2ccc(Cl)c(Cc3ccc(O)cc3)c2)[C@H](OC(C)=O)[C@@H](C)[C@@H]1OC(C)=O. The fourth-order valence-electron chi connectivity index (χ4n) is 4.22. The lowest BCUT2D eigenvalue weighted by Crippen LogP contribution is -2.54. The summed E-state index contributed by atoms with van der Waals surface area (Å²) in [5, 5.41) is 10.1. The quantitative estimate of drug-likeness (QED) is 0.442. The molecule has 0 spiro atoms. The Kier molecular flexibility index (Phi) is 8.75. The standard InChI is InChI=1S/C26H29ClO8/c1-14-24(33-16(3)29)23(13-32-15(2)28)35-26(25(14)34-17(4)30)19-7-10-22(27)20(12-19)11-18-5-8-21(31)9-6-18/h5-10,12,14,23-26,31H,11,13H2,1-4H3/t14-,23+,24-,25+,26-/m0/s1. The minimum absolute atomic E-state index is 0.130. The van der Waals surface area contributed by atoms with Gasteiger partial charge in [-0.1, -0.05) is 42.8 Å². The van der Waals surface area contributed by atoms with Gasteiger partial charge in [-0.25, -0.2) is 0 Å². The third-order valence-electron chi connectivity index (χ3n) is 5.81. The highest BCUT2D eigenvalue weighted by Crippen LogP contribution is 2.40. The molecule has 35 heavy (non-hydrogen) atoms. The van der Waals surface area contributed by atoms with E-state index in [1.54, 1.807) is 43.3 Å². The van der Waals surface area contributed by atoms with Crippen molar-refractivity contribution in [3.8, 4) is 5.75 Å². The molecule has 0 saturated carbocycles. The molecule has 2 aromatic rings. The maximum absolute atomic E-state index is 12.0. The molecule has 0 bridgehead atoms. The molecule has 1 heterocycles. The van der Waals surface area contributed by atoms with Gasteiger partial charge in [0.2, 0.25) is 0 Å².